The summed E-state index contributed by atoms with van der Waals surface area (Å²) in [6.07, 6.45) is 41.9. The van der Waals surface area contributed by atoms with E-state index in [2.05, 4.69) is 43.6 Å². The first-order valence-electron chi connectivity index (χ1n) is 19.4. The maximum absolute atomic E-state index is 12.7. The topological polar surface area (TPSA) is 58.2 Å². The van der Waals surface area contributed by atoms with E-state index in [4.69, 9.17) is 0 Å². The lowest BCUT2D eigenvalue weighted by Gasteiger charge is -2.18. The summed E-state index contributed by atoms with van der Waals surface area (Å²) in [6, 6.07) is -0.382. The smallest absolute Gasteiger partial charge is 0.242 e. The third kappa shape index (κ3) is 31.9. The molecule has 0 aliphatic heterocycles. The second kappa shape index (κ2) is 35.2. The third-order valence-electron chi connectivity index (χ3n) is 8.72. The maximum atomic E-state index is 12.7. The number of rotatable bonds is 34. The summed E-state index contributed by atoms with van der Waals surface area (Å²) in [5.74, 6) is 0.0252. The highest BCUT2D eigenvalue weighted by Crippen LogP contribution is 2.13. The van der Waals surface area contributed by atoms with Crippen molar-refractivity contribution in [1.82, 2.24) is 10.6 Å². The van der Waals surface area contributed by atoms with Gasteiger partial charge >= 0.3 is 0 Å². The molecule has 0 aromatic rings. The highest BCUT2D eigenvalue weighted by molar-refractivity contribution is 5.87. The van der Waals surface area contributed by atoms with Crippen molar-refractivity contribution in [1.29, 1.82) is 0 Å². The van der Waals surface area contributed by atoms with Crippen LogP contribution >= 0.6 is 0 Å². The molecule has 2 N–H and O–H groups in total. The van der Waals surface area contributed by atoms with Crippen LogP contribution in [-0.2, 0) is 9.59 Å². The molecule has 0 aromatic heterocycles. The zero-order valence-electron chi connectivity index (χ0n) is 29.5. The molecule has 1 unspecified atom stereocenters. The Morgan fingerprint density at radius 3 is 1.33 bits per heavy atom. The van der Waals surface area contributed by atoms with Gasteiger partial charge in [0.15, 0.2) is 0 Å². The van der Waals surface area contributed by atoms with Crippen molar-refractivity contribution in [3.63, 3.8) is 0 Å². The first-order valence-corrected chi connectivity index (χ1v) is 19.4. The van der Waals surface area contributed by atoms with Gasteiger partial charge in [-0.2, -0.15) is 0 Å². The molecule has 4 nitrogen and oxygen atoms in total. The minimum Gasteiger partial charge on any atom is -0.354 e. The molecule has 2 amide bonds. The molecule has 0 radical (unpaired) electrons. The minimum atomic E-state index is -0.382. The standard InChI is InChI=1S/C39H76N2O2/c1-4-7-9-11-13-15-17-19-21-22-24-26-28-30-32-35-38(42)41-37(34-6-3)39(43)40-36-33-31-29-27-25-23-20-18-16-14-12-10-8-5-2/h19,21,37H,4-18,20,22-36H2,1-3H3,(H,40,43)(H,41,42)/b21-19+. The van der Waals surface area contributed by atoms with Gasteiger partial charge in [-0.05, 0) is 44.9 Å². The number of hydrogen-bond acceptors (Lipinski definition) is 2. The van der Waals surface area contributed by atoms with Crippen LogP contribution in [0.2, 0.25) is 0 Å². The van der Waals surface area contributed by atoms with Crippen LogP contribution in [0.15, 0.2) is 12.2 Å². The van der Waals surface area contributed by atoms with E-state index >= 15 is 0 Å². The Hall–Kier alpha value is -1.32. The van der Waals surface area contributed by atoms with E-state index in [0.29, 0.717) is 12.8 Å². The van der Waals surface area contributed by atoms with E-state index in [1.807, 2.05) is 0 Å². The SMILES string of the molecule is CCCCCCCC/C=C/CCCCCCCC(=O)NC(CCC)C(=O)NCCCCCCCCCCCCCCCC. The van der Waals surface area contributed by atoms with Crippen LogP contribution < -0.4 is 10.6 Å². The Kier molecular flexibility index (Phi) is 34.1. The minimum absolute atomic E-state index is 0.00515. The number of amides is 2. The molecule has 0 spiro atoms. The third-order valence-corrected chi connectivity index (χ3v) is 8.72. The van der Waals surface area contributed by atoms with Gasteiger partial charge in [-0.3, -0.25) is 9.59 Å². The molecule has 1 atom stereocenters. The van der Waals surface area contributed by atoms with Gasteiger partial charge in [-0.25, -0.2) is 0 Å². The van der Waals surface area contributed by atoms with Gasteiger partial charge in [-0.15, -0.1) is 0 Å². The first-order chi connectivity index (χ1) is 21.2. The molecule has 0 saturated heterocycles. The predicted molar refractivity (Wildman–Crippen MR) is 190 cm³/mol. The monoisotopic (exact) mass is 605 g/mol. The lowest BCUT2D eigenvalue weighted by Crippen LogP contribution is -2.46. The first kappa shape index (κ1) is 41.7. The van der Waals surface area contributed by atoms with Gasteiger partial charge in [0.25, 0.3) is 0 Å². The lowest BCUT2D eigenvalue weighted by atomic mass is 10.0. The van der Waals surface area contributed by atoms with Gasteiger partial charge in [0.2, 0.25) is 11.8 Å². The molecule has 0 bridgehead atoms. The zero-order chi connectivity index (χ0) is 31.5. The molecular formula is C39H76N2O2. The predicted octanol–water partition coefficient (Wildman–Crippen LogP) is 11.9. The molecule has 0 saturated carbocycles. The van der Waals surface area contributed by atoms with Crippen LogP contribution in [0.5, 0.6) is 0 Å². The summed E-state index contributed by atoms with van der Waals surface area (Å²) in [5, 5.41) is 6.09. The second-order valence-electron chi connectivity index (χ2n) is 13.1. The van der Waals surface area contributed by atoms with Crippen molar-refractivity contribution in [2.45, 2.75) is 219 Å². The average molecular weight is 605 g/mol. The van der Waals surface area contributed by atoms with E-state index in [9.17, 15) is 9.59 Å². The summed E-state index contributed by atoms with van der Waals surface area (Å²) in [5.41, 5.74) is 0. The highest BCUT2D eigenvalue weighted by atomic mass is 16.2. The molecule has 0 rings (SSSR count). The highest BCUT2D eigenvalue weighted by Gasteiger charge is 2.19. The quantitative estimate of drug-likeness (QED) is 0.0567. The molecule has 4 heteroatoms. The molecule has 0 heterocycles. The number of unbranched alkanes of at least 4 members (excludes halogenated alkanes) is 24. The fraction of sp³-hybridized carbons (Fsp3) is 0.897. The second-order valence-corrected chi connectivity index (χ2v) is 13.1. The van der Waals surface area contributed by atoms with Crippen LogP contribution in [0.3, 0.4) is 0 Å². The number of carbonyl (C=O) groups is 2. The summed E-state index contributed by atoms with van der Waals surface area (Å²) >= 11 is 0. The van der Waals surface area contributed by atoms with Crippen molar-refractivity contribution in [3.8, 4) is 0 Å². The van der Waals surface area contributed by atoms with Gasteiger partial charge in [0, 0.05) is 13.0 Å². The normalized spacial score (nSPS) is 12.2. The Bertz CT molecular complexity index is 618. The van der Waals surface area contributed by atoms with Crippen molar-refractivity contribution >= 4 is 11.8 Å². The average Bonchev–Trinajstić information content (AvgIpc) is 3.00. The van der Waals surface area contributed by atoms with Gasteiger partial charge < -0.3 is 10.6 Å². The Labute approximate surface area is 269 Å². The summed E-state index contributed by atoms with van der Waals surface area (Å²) < 4.78 is 0. The van der Waals surface area contributed by atoms with E-state index in [1.54, 1.807) is 0 Å². The fourth-order valence-electron chi connectivity index (χ4n) is 5.83. The molecule has 0 fully saturated rings. The van der Waals surface area contributed by atoms with Crippen LogP contribution in [0.25, 0.3) is 0 Å². The van der Waals surface area contributed by atoms with Crippen LogP contribution in [0.1, 0.15) is 213 Å². The van der Waals surface area contributed by atoms with Crippen LogP contribution in [0, 0.1) is 0 Å². The molecule has 254 valence electrons. The number of hydrogen-bond donors (Lipinski definition) is 2. The van der Waals surface area contributed by atoms with Crippen molar-refractivity contribution in [3.05, 3.63) is 12.2 Å². The van der Waals surface area contributed by atoms with Crippen molar-refractivity contribution in [2.24, 2.45) is 0 Å². The van der Waals surface area contributed by atoms with Gasteiger partial charge in [0.05, 0.1) is 0 Å². The number of allylic oxidation sites excluding steroid dienone is 2. The van der Waals surface area contributed by atoms with Crippen LogP contribution in [0.4, 0.5) is 0 Å². The molecule has 0 aliphatic carbocycles. The van der Waals surface area contributed by atoms with Crippen molar-refractivity contribution in [2.75, 3.05) is 6.54 Å². The van der Waals surface area contributed by atoms with E-state index in [-0.39, 0.29) is 17.9 Å². The van der Waals surface area contributed by atoms with Crippen LogP contribution in [-0.4, -0.2) is 24.4 Å². The van der Waals surface area contributed by atoms with Crippen molar-refractivity contribution < 1.29 is 9.59 Å². The van der Waals surface area contributed by atoms with Gasteiger partial charge in [-0.1, -0.05) is 174 Å². The fourth-order valence-corrected chi connectivity index (χ4v) is 5.83. The van der Waals surface area contributed by atoms with E-state index in [1.165, 1.54) is 154 Å². The summed E-state index contributed by atoms with van der Waals surface area (Å²) in [7, 11) is 0. The molecule has 0 aromatic carbocycles. The number of nitrogens with one attached hydrogen (secondary N) is 2. The number of carbonyl (C=O) groups excluding carboxylic acids is 2. The summed E-state index contributed by atoms with van der Waals surface area (Å²) in [6.45, 7) is 7.35. The van der Waals surface area contributed by atoms with E-state index in [0.717, 1.165) is 32.2 Å². The summed E-state index contributed by atoms with van der Waals surface area (Å²) in [4.78, 5) is 25.2. The maximum Gasteiger partial charge on any atom is 0.242 e. The Morgan fingerprint density at radius 1 is 0.488 bits per heavy atom. The molecule has 43 heavy (non-hydrogen) atoms. The zero-order valence-corrected chi connectivity index (χ0v) is 29.5. The Balaban J connectivity index is 3.67. The van der Waals surface area contributed by atoms with Gasteiger partial charge in [0.1, 0.15) is 6.04 Å². The largest absolute Gasteiger partial charge is 0.354 e. The lowest BCUT2D eigenvalue weighted by molar-refractivity contribution is -0.129. The Morgan fingerprint density at radius 2 is 0.884 bits per heavy atom. The van der Waals surface area contributed by atoms with E-state index < -0.39 is 0 Å². The molecular weight excluding hydrogens is 528 g/mol. The molecule has 0 aliphatic rings.